The van der Waals surface area contributed by atoms with Gasteiger partial charge in [0.25, 0.3) is 12.3 Å². The number of anilines is 2. The first-order valence-electron chi connectivity index (χ1n) is 21.9. The summed E-state index contributed by atoms with van der Waals surface area (Å²) in [6, 6.07) is 6.58. The summed E-state index contributed by atoms with van der Waals surface area (Å²) in [5, 5.41) is 13.6. The van der Waals surface area contributed by atoms with Gasteiger partial charge in [-0.25, -0.2) is 23.1 Å². The van der Waals surface area contributed by atoms with Crippen LogP contribution in [-0.2, 0) is 21.4 Å². The van der Waals surface area contributed by atoms with Crippen molar-refractivity contribution in [3.63, 3.8) is 0 Å². The van der Waals surface area contributed by atoms with E-state index in [0.717, 1.165) is 83.6 Å². The largest absolute Gasteiger partial charge is 0.371 e. The van der Waals surface area contributed by atoms with Crippen LogP contribution in [0.1, 0.15) is 91.5 Å². The maximum Gasteiger partial charge on any atom is 0.329 e. The van der Waals surface area contributed by atoms with E-state index in [1.807, 2.05) is 24.3 Å². The average molecular weight is 865 g/mol. The number of carbonyl (C=O) groups excluding carboxylic acids is 3. The molecule has 10 rings (SSSR count). The van der Waals surface area contributed by atoms with E-state index in [0.29, 0.717) is 47.9 Å². The van der Waals surface area contributed by atoms with E-state index in [4.69, 9.17) is 9.72 Å². The summed E-state index contributed by atoms with van der Waals surface area (Å²) in [5.74, 6) is 6.41. The number of piperidine rings is 1. The van der Waals surface area contributed by atoms with Gasteiger partial charge in [-0.2, -0.15) is 10.2 Å². The Hall–Kier alpha value is -5.97. The quantitative estimate of drug-likeness (QED) is 0.164. The van der Waals surface area contributed by atoms with Gasteiger partial charge in [-0.1, -0.05) is 17.9 Å². The van der Waals surface area contributed by atoms with Gasteiger partial charge in [-0.05, 0) is 69.1 Å². The molecule has 19 heteroatoms. The highest BCUT2D eigenvalue weighted by Crippen LogP contribution is 2.43. The van der Waals surface area contributed by atoms with Gasteiger partial charge < -0.3 is 19.9 Å². The Balaban J connectivity index is 0.717. The third-order valence-electron chi connectivity index (χ3n) is 13.5. The van der Waals surface area contributed by atoms with E-state index in [1.165, 1.54) is 19.8 Å². The summed E-state index contributed by atoms with van der Waals surface area (Å²) in [7, 11) is 1.68. The summed E-state index contributed by atoms with van der Waals surface area (Å²) in [6.07, 6.45) is 7.83. The minimum Gasteiger partial charge on any atom is -0.371 e. The lowest BCUT2D eigenvalue weighted by Crippen LogP contribution is -2.48. The summed E-state index contributed by atoms with van der Waals surface area (Å²) < 4.78 is 40.7. The van der Waals surface area contributed by atoms with Crippen LogP contribution < -0.4 is 21.2 Å². The van der Waals surface area contributed by atoms with Crippen LogP contribution >= 0.6 is 0 Å². The van der Waals surface area contributed by atoms with Crippen LogP contribution in [-0.4, -0.2) is 126 Å². The van der Waals surface area contributed by atoms with Crippen LogP contribution in [0.15, 0.2) is 47.7 Å². The number of hydrogen-bond donors (Lipinski definition) is 2. The number of aromatic nitrogens is 7. The number of fused-ring (bicyclic) bond motifs is 2. The fourth-order valence-electron chi connectivity index (χ4n) is 9.82. The second-order valence-electron chi connectivity index (χ2n) is 17.6. The van der Waals surface area contributed by atoms with E-state index >= 15 is 0 Å². The minimum atomic E-state index is -2.86. The minimum absolute atomic E-state index is 0.00872. The lowest BCUT2D eigenvalue weighted by molar-refractivity contribution is -0.135. The van der Waals surface area contributed by atoms with Crippen molar-refractivity contribution in [2.75, 3.05) is 69.2 Å². The van der Waals surface area contributed by atoms with Crippen molar-refractivity contribution >= 4 is 45.9 Å². The highest BCUT2D eigenvalue weighted by atomic mass is 19.3. The fraction of sp³-hybridized carbons (Fsp3) is 0.523. The zero-order chi connectivity index (χ0) is 43.4. The zero-order valence-electron chi connectivity index (χ0n) is 35.1. The number of halogens is 2. The van der Waals surface area contributed by atoms with Crippen LogP contribution in [0.3, 0.4) is 0 Å². The number of imidazole rings is 1. The molecule has 2 saturated carbocycles. The van der Waals surface area contributed by atoms with Crippen molar-refractivity contribution in [2.24, 2.45) is 13.0 Å². The van der Waals surface area contributed by atoms with Crippen LogP contribution in [0.2, 0.25) is 0 Å². The monoisotopic (exact) mass is 864 g/mol. The number of carbonyl (C=O) groups is 3. The van der Waals surface area contributed by atoms with Crippen LogP contribution in [0, 0.1) is 17.8 Å². The molecular formula is C44H50F2N12O5. The first-order chi connectivity index (χ1) is 30.5. The molecule has 1 spiro atoms. The summed E-state index contributed by atoms with van der Waals surface area (Å²) >= 11 is 0. The summed E-state index contributed by atoms with van der Waals surface area (Å²) in [5.41, 5.74) is 1.65. The molecule has 1 atom stereocenters. The van der Waals surface area contributed by atoms with Crippen molar-refractivity contribution in [1.29, 1.82) is 0 Å². The van der Waals surface area contributed by atoms with E-state index in [1.54, 1.807) is 24.1 Å². The number of piperazine rings is 1. The van der Waals surface area contributed by atoms with Crippen LogP contribution in [0.5, 0.6) is 0 Å². The maximum atomic E-state index is 14.3. The molecule has 1 unspecified atom stereocenters. The summed E-state index contributed by atoms with van der Waals surface area (Å²) in [4.78, 5) is 62.9. The van der Waals surface area contributed by atoms with Crippen molar-refractivity contribution in [3.05, 3.63) is 70.2 Å². The van der Waals surface area contributed by atoms with E-state index < -0.39 is 30.0 Å². The lowest BCUT2D eigenvalue weighted by atomic mass is 9.85. The Morgan fingerprint density at radius 1 is 1.03 bits per heavy atom. The van der Waals surface area contributed by atoms with Crippen molar-refractivity contribution in [2.45, 2.75) is 75.5 Å². The molecular weight excluding hydrogens is 815 g/mol. The molecule has 4 aromatic heterocycles. The molecule has 0 radical (unpaired) electrons. The molecule has 2 N–H and O–H groups in total. The standard InChI is InChI=1S/C44H50F2N12O5/c1-52-38-29(4-2-6-33(38)58(43(52)62)34-11-12-36(59)50-42(34)61)5-3-16-53-18-20-54(21-19-53)25-28-7-9-30(10-8-28)57-26-32(37(51-57)39(45)46)48-41(60)31-24-47-56-17-13-35(49-40(31)56)55-22-23-63-44(27-55)14-15-44/h2,4,6,13,17,24,26,28,30,34,39H,7-12,14-16,18-23,25,27H2,1H3,(H,48,60)(H,50,59,61). The van der Waals surface area contributed by atoms with Crippen molar-refractivity contribution in [3.8, 4) is 11.8 Å². The topological polar surface area (TPSA) is 169 Å². The van der Waals surface area contributed by atoms with Gasteiger partial charge in [0, 0.05) is 71.7 Å². The molecule has 3 aliphatic heterocycles. The van der Waals surface area contributed by atoms with E-state index in [-0.39, 0.29) is 47.3 Å². The van der Waals surface area contributed by atoms with Gasteiger partial charge in [0.05, 0.1) is 53.3 Å². The van der Waals surface area contributed by atoms with Gasteiger partial charge >= 0.3 is 5.69 Å². The number of rotatable bonds is 9. The highest BCUT2D eigenvalue weighted by Gasteiger charge is 2.47. The first-order valence-corrected chi connectivity index (χ1v) is 21.9. The number of imide groups is 1. The molecule has 0 bridgehead atoms. The zero-order valence-corrected chi connectivity index (χ0v) is 35.1. The molecule has 3 saturated heterocycles. The first kappa shape index (κ1) is 41.1. The molecule has 5 fully saturated rings. The number of alkyl halides is 2. The number of amides is 3. The fourth-order valence-corrected chi connectivity index (χ4v) is 9.82. The van der Waals surface area contributed by atoms with E-state index in [9.17, 15) is 28.0 Å². The third kappa shape index (κ3) is 8.11. The number of nitrogens with one attached hydrogen (secondary N) is 2. The molecule has 17 nitrogen and oxygen atoms in total. The molecule has 2 aliphatic carbocycles. The number of aryl methyl sites for hydroxylation is 1. The smallest absolute Gasteiger partial charge is 0.329 e. The van der Waals surface area contributed by atoms with Crippen molar-refractivity contribution in [1.82, 2.24) is 48.6 Å². The van der Waals surface area contributed by atoms with Gasteiger partial charge in [-0.15, -0.1) is 0 Å². The number of benzene rings is 1. The number of ether oxygens (including phenoxy) is 1. The van der Waals surface area contributed by atoms with Gasteiger partial charge in [-0.3, -0.25) is 38.4 Å². The molecule has 5 aliphatic rings. The maximum absolute atomic E-state index is 14.3. The molecule has 3 amide bonds. The van der Waals surface area contributed by atoms with Gasteiger partial charge in [0.2, 0.25) is 11.8 Å². The number of nitrogens with zero attached hydrogens (tertiary/aromatic N) is 10. The summed E-state index contributed by atoms with van der Waals surface area (Å²) in [6.45, 7) is 7.16. The van der Waals surface area contributed by atoms with Crippen LogP contribution in [0.4, 0.5) is 20.3 Å². The Labute approximate surface area is 361 Å². The Morgan fingerprint density at radius 3 is 2.59 bits per heavy atom. The molecule has 5 aromatic rings. The molecule has 1 aromatic carbocycles. The second kappa shape index (κ2) is 16.6. The molecule has 7 heterocycles. The Bertz CT molecular complexity index is 2710. The average Bonchev–Trinajstić information content (AvgIpc) is 3.56. The number of morpholine rings is 1. The van der Waals surface area contributed by atoms with Crippen molar-refractivity contribution < 1.29 is 27.9 Å². The Morgan fingerprint density at radius 2 is 1.83 bits per heavy atom. The molecule has 63 heavy (non-hydrogen) atoms. The SMILES string of the molecule is Cn1c(=O)n(C2CCC(=O)NC2=O)c2cccc(C#CCN3CCN(CC4CCC(n5cc(NC(=O)c6cnn7ccc(N8CCOC9(CC9)C8)nc67)c(C(F)F)n5)CC4)CC3)c21. The van der Waals surface area contributed by atoms with E-state index in [2.05, 4.69) is 47.4 Å². The van der Waals surface area contributed by atoms with Crippen LogP contribution in [0.25, 0.3) is 16.7 Å². The number of para-hydroxylation sites is 1. The Kier molecular flexibility index (Phi) is 10.8. The normalized spacial score (nSPS) is 23.0. The van der Waals surface area contributed by atoms with Gasteiger partial charge in [0.1, 0.15) is 17.4 Å². The van der Waals surface area contributed by atoms with Gasteiger partial charge in [0.15, 0.2) is 11.3 Å². The predicted molar refractivity (Wildman–Crippen MR) is 228 cm³/mol. The molecule has 330 valence electrons. The predicted octanol–water partition coefficient (Wildman–Crippen LogP) is 3.52. The third-order valence-corrected chi connectivity index (χ3v) is 13.5. The highest BCUT2D eigenvalue weighted by molar-refractivity contribution is 6.08. The number of hydrogen-bond acceptors (Lipinski definition) is 11. The second-order valence-corrected chi connectivity index (χ2v) is 17.6. The lowest BCUT2D eigenvalue weighted by Gasteiger charge is -2.37.